The highest BCUT2D eigenvalue weighted by molar-refractivity contribution is 5.73. The van der Waals surface area contributed by atoms with E-state index in [0.717, 1.165) is 54.2 Å². The van der Waals surface area contributed by atoms with Crippen LogP contribution >= 0.6 is 0 Å². The minimum absolute atomic E-state index is 0.00703. The van der Waals surface area contributed by atoms with Crippen LogP contribution in [0.15, 0.2) is 72.8 Å². The number of aliphatic carboxylic acids is 1. The molecule has 0 bridgehead atoms. The molecule has 0 spiro atoms. The van der Waals surface area contributed by atoms with E-state index in [1.807, 2.05) is 48.5 Å². The molecule has 1 heterocycles. The van der Waals surface area contributed by atoms with E-state index < -0.39 is 23.8 Å². The number of halogens is 3. The van der Waals surface area contributed by atoms with Crippen LogP contribution in [0.25, 0.3) is 0 Å². The zero-order chi connectivity index (χ0) is 30.8. The highest BCUT2D eigenvalue weighted by Crippen LogP contribution is 2.45. The third-order valence-electron chi connectivity index (χ3n) is 8.39. The van der Waals surface area contributed by atoms with E-state index in [1.165, 1.54) is 12.1 Å². The second kappa shape index (κ2) is 12.6. The van der Waals surface area contributed by atoms with Crippen molar-refractivity contribution in [2.45, 2.75) is 57.5 Å². The van der Waals surface area contributed by atoms with Gasteiger partial charge < -0.3 is 19.9 Å². The van der Waals surface area contributed by atoms with Crippen LogP contribution in [-0.2, 0) is 29.4 Å². The Balaban J connectivity index is 1.00. The summed E-state index contributed by atoms with van der Waals surface area (Å²) < 4.78 is 50.0. The van der Waals surface area contributed by atoms with Gasteiger partial charge in [-0.2, -0.15) is 13.2 Å². The van der Waals surface area contributed by atoms with Crippen LogP contribution in [0.5, 0.6) is 11.5 Å². The number of fused-ring (bicyclic) bond motifs is 1. The van der Waals surface area contributed by atoms with Crippen LogP contribution in [0.3, 0.4) is 0 Å². The molecular weight excluding hydrogens is 557 g/mol. The van der Waals surface area contributed by atoms with Crippen LogP contribution < -0.4 is 14.8 Å². The molecular formula is C34H39F3N2O4. The van der Waals surface area contributed by atoms with Crippen LogP contribution in [0, 0.1) is 11.8 Å². The molecule has 1 aliphatic carbocycles. The number of carboxylic acid groups (broad SMARTS) is 1. The van der Waals surface area contributed by atoms with E-state index in [2.05, 4.69) is 31.0 Å². The summed E-state index contributed by atoms with van der Waals surface area (Å²) in [6.07, 6.45) is -5.07. The number of alkyl halides is 3. The highest BCUT2D eigenvalue weighted by Gasteiger charge is 2.55. The van der Waals surface area contributed by atoms with Crippen molar-refractivity contribution in [2.24, 2.45) is 11.8 Å². The molecule has 5 rings (SSSR count). The summed E-state index contributed by atoms with van der Waals surface area (Å²) in [5, 5.41) is 13.2. The van der Waals surface area contributed by atoms with E-state index in [-0.39, 0.29) is 11.8 Å². The van der Waals surface area contributed by atoms with Gasteiger partial charge in [0, 0.05) is 38.6 Å². The van der Waals surface area contributed by atoms with Gasteiger partial charge in [-0.15, -0.1) is 0 Å². The Hall–Kier alpha value is -3.56. The number of hydrogen-bond donors (Lipinski definition) is 2. The van der Waals surface area contributed by atoms with Crippen molar-refractivity contribution >= 4 is 5.97 Å². The molecule has 2 aliphatic rings. The number of benzene rings is 3. The molecule has 0 aromatic heterocycles. The smallest absolute Gasteiger partial charge is 0.416 e. The number of piperidine rings is 1. The van der Waals surface area contributed by atoms with Gasteiger partial charge in [0.25, 0.3) is 0 Å². The van der Waals surface area contributed by atoms with Gasteiger partial charge in [0.1, 0.15) is 18.1 Å². The predicted octanol–water partition coefficient (Wildman–Crippen LogP) is 6.18. The number of rotatable bonds is 12. The summed E-state index contributed by atoms with van der Waals surface area (Å²) in [7, 11) is 0. The Kier molecular flexibility index (Phi) is 9.04. The fourth-order valence-corrected chi connectivity index (χ4v) is 5.75. The molecule has 4 atom stereocenters. The van der Waals surface area contributed by atoms with Crippen molar-refractivity contribution in [2.75, 3.05) is 26.2 Å². The Morgan fingerprint density at radius 2 is 1.44 bits per heavy atom. The lowest BCUT2D eigenvalue weighted by molar-refractivity contribution is -0.145. The molecule has 0 amide bonds. The van der Waals surface area contributed by atoms with Crippen LogP contribution in [0.4, 0.5) is 13.2 Å². The quantitative estimate of drug-likeness (QED) is 0.260. The summed E-state index contributed by atoms with van der Waals surface area (Å²) in [4.78, 5) is 14.2. The molecule has 6 nitrogen and oxygen atoms in total. The van der Waals surface area contributed by atoms with Crippen molar-refractivity contribution in [3.63, 3.8) is 0 Å². The number of hydrogen-bond acceptors (Lipinski definition) is 5. The van der Waals surface area contributed by atoms with Crippen molar-refractivity contribution in [3.8, 4) is 11.5 Å². The fourth-order valence-electron chi connectivity index (χ4n) is 5.75. The lowest BCUT2D eigenvalue weighted by Crippen LogP contribution is -2.33. The zero-order valence-corrected chi connectivity index (χ0v) is 24.7. The van der Waals surface area contributed by atoms with Gasteiger partial charge in [-0.3, -0.25) is 4.90 Å². The molecule has 3 aromatic rings. The molecule has 43 heavy (non-hydrogen) atoms. The first-order chi connectivity index (χ1) is 20.4. The molecule has 1 aliphatic heterocycles. The Morgan fingerprint density at radius 3 is 2.00 bits per heavy atom. The van der Waals surface area contributed by atoms with Crippen molar-refractivity contribution in [1.82, 2.24) is 10.2 Å². The number of nitrogens with one attached hydrogen (secondary N) is 1. The minimum Gasteiger partial charge on any atom is -0.492 e. The number of carbonyl (C=O) groups is 1. The maximum absolute atomic E-state index is 12.7. The molecule has 2 fully saturated rings. The molecule has 9 heteroatoms. The third kappa shape index (κ3) is 8.09. The molecule has 1 saturated heterocycles. The lowest BCUT2D eigenvalue weighted by Gasteiger charge is -2.20. The molecule has 2 N–H and O–H groups in total. The molecule has 1 saturated carbocycles. The molecule has 2 unspecified atom stereocenters. The van der Waals surface area contributed by atoms with E-state index in [9.17, 15) is 23.1 Å². The highest BCUT2D eigenvalue weighted by atomic mass is 19.4. The zero-order valence-electron chi connectivity index (χ0n) is 24.7. The monoisotopic (exact) mass is 596 g/mol. The van der Waals surface area contributed by atoms with Gasteiger partial charge in [-0.05, 0) is 70.3 Å². The Morgan fingerprint density at radius 1 is 0.884 bits per heavy atom. The van der Waals surface area contributed by atoms with Crippen LogP contribution in [-0.4, -0.2) is 54.4 Å². The summed E-state index contributed by atoms with van der Waals surface area (Å²) in [5.74, 6) is 1.38. The number of carboxylic acids is 1. The van der Waals surface area contributed by atoms with Gasteiger partial charge in [0.05, 0.1) is 5.56 Å². The maximum atomic E-state index is 12.7. The average molecular weight is 597 g/mol. The SMILES string of the molecule is CC(C)(C)c1ccc(O[C@@H](Cc2ccc(OCCN3CC4C(NCc5ccc(C(F)(F)F)cc5)[C@H]4C3)cc2)C(=O)O)cc1. The Bertz CT molecular complexity index is 1360. The van der Waals surface area contributed by atoms with Gasteiger partial charge in [0.15, 0.2) is 6.10 Å². The molecule has 3 aromatic carbocycles. The number of likely N-dealkylation sites (tertiary alicyclic amines) is 1. The Labute approximate surface area is 250 Å². The number of nitrogens with zero attached hydrogens (tertiary/aromatic N) is 1. The van der Waals surface area contributed by atoms with Gasteiger partial charge in [-0.1, -0.05) is 57.2 Å². The first-order valence-corrected chi connectivity index (χ1v) is 14.7. The largest absolute Gasteiger partial charge is 0.492 e. The number of ether oxygens (including phenoxy) is 2. The minimum atomic E-state index is -4.31. The first kappa shape index (κ1) is 30.9. The van der Waals surface area contributed by atoms with E-state index in [0.29, 0.717) is 36.8 Å². The topological polar surface area (TPSA) is 71.0 Å². The molecule has 0 radical (unpaired) electrons. The van der Waals surface area contributed by atoms with E-state index >= 15 is 0 Å². The van der Waals surface area contributed by atoms with Crippen molar-refractivity contribution in [1.29, 1.82) is 0 Å². The average Bonchev–Trinajstić information content (AvgIpc) is 3.41. The maximum Gasteiger partial charge on any atom is 0.416 e. The molecule has 230 valence electrons. The van der Waals surface area contributed by atoms with Crippen molar-refractivity contribution < 1.29 is 32.5 Å². The van der Waals surface area contributed by atoms with Gasteiger partial charge in [0.2, 0.25) is 0 Å². The second-order valence-corrected chi connectivity index (χ2v) is 12.6. The van der Waals surface area contributed by atoms with Crippen LogP contribution in [0.2, 0.25) is 0 Å². The van der Waals surface area contributed by atoms with Crippen molar-refractivity contribution in [3.05, 3.63) is 95.1 Å². The van der Waals surface area contributed by atoms with E-state index in [4.69, 9.17) is 9.47 Å². The fraction of sp³-hybridized carbons (Fsp3) is 0.441. The van der Waals surface area contributed by atoms with E-state index in [1.54, 1.807) is 0 Å². The third-order valence-corrected chi connectivity index (χ3v) is 8.39. The van der Waals surface area contributed by atoms with Gasteiger partial charge >= 0.3 is 12.1 Å². The summed E-state index contributed by atoms with van der Waals surface area (Å²) in [5.41, 5.74) is 2.24. The normalized spacial score (nSPS) is 20.8. The van der Waals surface area contributed by atoms with Gasteiger partial charge in [-0.25, -0.2) is 4.79 Å². The standard InChI is InChI=1S/C34H39F3N2O4/c1-33(2,3)24-10-14-27(15-11-24)43-30(32(40)41)18-22-6-12-26(13-7-22)42-17-16-39-20-28-29(21-39)31(28)38-19-23-4-8-25(9-5-23)34(35,36)37/h4-15,28-31,38H,16-21H2,1-3H3,(H,40,41)/t28-,29?,30-,31?/m0/s1. The lowest BCUT2D eigenvalue weighted by atomic mass is 9.87. The summed E-state index contributed by atoms with van der Waals surface area (Å²) >= 11 is 0. The second-order valence-electron chi connectivity index (χ2n) is 12.6. The summed E-state index contributed by atoms with van der Waals surface area (Å²) in [6, 6.07) is 20.8. The first-order valence-electron chi connectivity index (χ1n) is 14.7. The summed E-state index contributed by atoms with van der Waals surface area (Å²) in [6.45, 7) is 10.3. The predicted molar refractivity (Wildman–Crippen MR) is 158 cm³/mol. The van der Waals surface area contributed by atoms with Crippen LogP contribution in [0.1, 0.15) is 43.0 Å².